The summed E-state index contributed by atoms with van der Waals surface area (Å²) in [7, 11) is -4.05. The highest BCUT2D eigenvalue weighted by atomic mass is 32.2. The van der Waals surface area contributed by atoms with E-state index in [4.69, 9.17) is 4.42 Å². The maximum atomic E-state index is 11.7. The van der Waals surface area contributed by atoms with Crippen LogP contribution in [0, 0.1) is 0 Å². The molecule has 0 N–H and O–H groups in total. The number of sulfonamides is 1. The van der Waals surface area contributed by atoms with E-state index in [1.807, 2.05) is 0 Å². The molecule has 86 valence electrons. The van der Waals surface area contributed by atoms with Gasteiger partial charge in [0, 0.05) is 5.56 Å². The van der Waals surface area contributed by atoms with Crippen molar-refractivity contribution in [3.8, 4) is 11.3 Å². The summed E-state index contributed by atoms with van der Waals surface area (Å²) >= 11 is 0. The zero-order chi connectivity index (χ0) is 12.3. The number of hydrogen-bond acceptors (Lipinski definition) is 5. The molecule has 1 aromatic carbocycles. The highest BCUT2D eigenvalue weighted by Crippen LogP contribution is 2.27. The van der Waals surface area contributed by atoms with Crippen LogP contribution in [-0.4, -0.2) is 19.5 Å². The molecule has 0 spiro atoms. The van der Waals surface area contributed by atoms with Crippen LogP contribution in [0.2, 0.25) is 0 Å². The van der Waals surface area contributed by atoms with E-state index < -0.39 is 10.0 Å². The van der Waals surface area contributed by atoms with Crippen LogP contribution in [-0.2, 0) is 14.8 Å². The predicted octanol–water partition coefficient (Wildman–Crippen LogP) is 1.37. The monoisotopic (exact) mass is 250 g/mol. The number of isocyanates is 1. The SMILES string of the molecule is O=C=NS(=O)(=O)c1ccccc1-c1cnco1. The normalized spacial score (nSPS) is 10.8. The lowest BCUT2D eigenvalue weighted by atomic mass is 10.2. The number of benzene rings is 1. The van der Waals surface area contributed by atoms with Gasteiger partial charge in [-0.1, -0.05) is 16.5 Å². The lowest BCUT2D eigenvalue weighted by Gasteiger charge is -2.02. The Morgan fingerprint density at radius 1 is 1.29 bits per heavy atom. The Bertz CT molecular complexity index is 670. The summed E-state index contributed by atoms with van der Waals surface area (Å²) < 4.78 is 31.1. The van der Waals surface area contributed by atoms with Crippen LogP contribution in [0.1, 0.15) is 0 Å². The third-order valence-electron chi connectivity index (χ3n) is 2.02. The molecular formula is C10H6N2O4S. The molecule has 0 saturated carbocycles. The number of carbonyl (C=O) groups excluding carboxylic acids is 1. The van der Waals surface area contributed by atoms with Crippen LogP contribution in [0.5, 0.6) is 0 Å². The molecular weight excluding hydrogens is 244 g/mol. The largest absolute Gasteiger partial charge is 0.443 e. The van der Waals surface area contributed by atoms with Crippen LogP contribution in [0.3, 0.4) is 0 Å². The molecule has 0 aliphatic heterocycles. The van der Waals surface area contributed by atoms with Gasteiger partial charge >= 0.3 is 0 Å². The first kappa shape index (κ1) is 11.3. The number of aromatic nitrogens is 1. The highest BCUT2D eigenvalue weighted by Gasteiger charge is 2.19. The van der Waals surface area contributed by atoms with E-state index in [1.165, 1.54) is 30.8 Å². The van der Waals surface area contributed by atoms with Gasteiger partial charge in [0.2, 0.25) is 0 Å². The Balaban J connectivity index is 2.68. The van der Waals surface area contributed by atoms with Crippen LogP contribution in [0.4, 0.5) is 0 Å². The predicted molar refractivity (Wildman–Crippen MR) is 57.2 cm³/mol. The summed E-state index contributed by atoms with van der Waals surface area (Å²) in [5.74, 6) is 0.283. The second kappa shape index (κ2) is 4.32. The number of rotatable bonds is 3. The molecule has 1 heterocycles. The third kappa shape index (κ3) is 2.15. The van der Waals surface area contributed by atoms with Gasteiger partial charge in [-0.2, -0.15) is 8.42 Å². The molecule has 0 aliphatic carbocycles. The Hall–Kier alpha value is -2.24. The topological polar surface area (TPSA) is 89.6 Å². The summed E-state index contributed by atoms with van der Waals surface area (Å²) in [6.45, 7) is 0. The Kier molecular flexibility index (Phi) is 2.86. The maximum absolute atomic E-state index is 11.7. The van der Waals surface area contributed by atoms with Gasteiger partial charge in [0.25, 0.3) is 16.1 Å². The van der Waals surface area contributed by atoms with Crippen molar-refractivity contribution >= 4 is 16.1 Å². The zero-order valence-corrected chi connectivity index (χ0v) is 9.22. The fourth-order valence-corrected chi connectivity index (χ4v) is 2.24. The molecule has 0 amide bonds. The average Bonchev–Trinajstić information content (AvgIpc) is 2.82. The quantitative estimate of drug-likeness (QED) is 0.606. The van der Waals surface area contributed by atoms with Crippen molar-refractivity contribution in [3.63, 3.8) is 0 Å². The summed E-state index contributed by atoms with van der Waals surface area (Å²) in [4.78, 5) is 13.7. The lowest BCUT2D eigenvalue weighted by molar-refractivity contribution is 0.562. The van der Waals surface area contributed by atoms with Crippen molar-refractivity contribution in [1.82, 2.24) is 4.98 Å². The van der Waals surface area contributed by atoms with Crippen molar-refractivity contribution in [2.75, 3.05) is 0 Å². The second-order valence-electron chi connectivity index (χ2n) is 3.02. The molecule has 0 radical (unpaired) electrons. The average molecular weight is 250 g/mol. The van der Waals surface area contributed by atoms with Crippen LogP contribution in [0.25, 0.3) is 11.3 Å². The third-order valence-corrected chi connectivity index (χ3v) is 3.25. The minimum atomic E-state index is -4.05. The molecule has 17 heavy (non-hydrogen) atoms. The highest BCUT2D eigenvalue weighted by molar-refractivity contribution is 7.90. The molecule has 6 nitrogen and oxygen atoms in total. The lowest BCUT2D eigenvalue weighted by Crippen LogP contribution is -1.98. The van der Waals surface area contributed by atoms with E-state index in [0.717, 1.165) is 6.08 Å². The van der Waals surface area contributed by atoms with E-state index >= 15 is 0 Å². The minimum absolute atomic E-state index is 0.125. The van der Waals surface area contributed by atoms with E-state index in [9.17, 15) is 13.2 Å². The van der Waals surface area contributed by atoms with Gasteiger partial charge in [-0.15, -0.1) is 0 Å². The molecule has 0 saturated heterocycles. The first-order chi connectivity index (χ1) is 8.15. The van der Waals surface area contributed by atoms with E-state index in [0.29, 0.717) is 5.56 Å². The smallest absolute Gasteiger partial charge is 0.293 e. The molecule has 0 unspecified atom stereocenters. The fraction of sp³-hybridized carbons (Fsp3) is 0. The van der Waals surface area contributed by atoms with Gasteiger partial charge in [0.15, 0.2) is 12.2 Å². The molecule has 7 heteroatoms. The zero-order valence-electron chi connectivity index (χ0n) is 8.40. The van der Waals surface area contributed by atoms with Crippen LogP contribution >= 0.6 is 0 Å². The Morgan fingerprint density at radius 3 is 2.71 bits per heavy atom. The van der Waals surface area contributed by atoms with Crippen molar-refractivity contribution in [1.29, 1.82) is 0 Å². The van der Waals surface area contributed by atoms with Gasteiger partial charge in [-0.05, 0) is 12.1 Å². The summed E-state index contributed by atoms with van der Waals surface area (Å²) in [5.41, 5.74) is 0.295. The van der Waals surface area contributed by atoms with Gasteiger partial charge in [-0.25, -0.2) is 9.78 Å². The van der Waals surface area contributed by atoms with Crippen molar-refractivity contribution < 1.29 is 17.6 Å². The van der Waals surface area contributed by atoms with E-state index in [1.54, 1.807) is 6.07 Å². The minimum Gasteiger partial charge on any atom is -0.443 e. The van der Waals surface area contributed by atoms with Crippen LogP contribution in [0.15, 0.2) is 50.6 Å². The van der Waals surface area contributed by atoms with Gasteiger partial charge in [-0.3, -0.25) is 0 Å². The summed E-state index contributed by atoms with van der Waals surface area (Å²) in [5, 5.41) is 0. The van der Waals surface area contributed by atoms with Gasteiger partial charge in [0.1, 0.15) is 4.90 Å². The number of nitrogens with zero attached hydrogens (tertiary/aromatic N) is 2. The maximum Gasteiger partial charge on any atom is 0.293 e. The Labute approximate surface area is 96.7 Å². The molecule has 2 rings (SSSR count). The molecule has 0 bridgehead atoms. The molecule has 2 aromatic rings. The van der Waals surface area contributed by atoms with Crippen molar-refractivity contribution in [2.24, 2.45) is 4.40 Å². The summed E-state index contributed by atoms with van der Waals surface area (Å²) in [6.07, 6.45) is 3.58. The first-order valence-corrected chi connectivity index (χ1v) is 5.91. The van der Waals surface area contributed by atoms with E-state index in [-0.39, 0.29) is 10.7 Å². The first-order valence-electron chi connectivity index (χ1n) is 4.47. The number of hydrogen-bond donors (Lipinski definition) is 0. The molecule has 0 fully saturated rings. The molecule has 0 atom stereocenters. The molecule has 1 aromatic heterocycles. The Morgan fingerprint density at radius 2 is 2.06 bits per heavy atom. The van der Waals surface area contributed by atoms with Crippen molar-refractivity contribution in [3.05, 3.63) is 36.9 Å². The summed E-state index contributed by atoms with van der Waals surface area (Å²) in [6, 6.07) is 6.02. The second-order valence-corrected chi connectivity index (χ2v) is 4.59. The van der Waals surface area contributed by atoms with Crippen molar-refractivity contribution in [2.45, 2.75) is 4.90 Å². The standard InChI is InChI=1S/C10H6N2O4S/c13-6-12-17(14,15)10-4-2-1-3-8(10)9-5-11-7-16-9/h1-5,7H. The number of oxazole rings is 1. The van der Waals surface area contributed by atoms with Gasteiger partial charge in [0.05, 0.1) is 6.20 Å². The van der Waals surface area contributed by atoms with Gasteiger partial charge < -0.3 is 4.42 Å². The fourth-order valence-electron chi connectivity index (χ4n) is 1.34. The molecule has 0 aliphatic rings. The van der Waals surface area contributed by atoms with Crippen LogP contribution < -0.4 is 0 Å². The van der Waals surface area contributed by atoms with E-state index in [2.05, 4.69) is 9.38 Å².